The van der Waals surface area contributed by atoms with Crippen molar-refractivity contribution in [1.82, 2.24) is 19.9 Å². The monoisotopic (exact) mass is 698 g/mol. The summed E-state index contributed by atoms with van der Waals surface area (Å²) in [5.41, 5.74) is 10.6. The van der Waals surface area contributed by atoms with Crippen LogP contribution in [-0.4, -0.2) is 32.1 Å². The predicted molar refractivity (Wildman–Crippen MR) is 192 cm³/mol. The number of allylic oxidation sites excluding steroid dienone is 6. The molecule has 2 aliphatic rings. The third-order valence-electron chi connectivity index (χ3n) is 8.33. The number of alkyl halides is 1. The Kier molecular flexibility index (Phi) is 8.02. The standard InChI is InChI=1S/C38H31IN4Si/c1-44(26-39)37(33-22-12-20-31(42-33)29-18-8-10-24-40-29)35(27-14-4-2-5-15-27)36(28-16-6-3-7-17-28)38(44)34-23-13-21-32(43-34)30-19-9-11-25-41-30/h2,4-6,8-25H,3,7,26H2,1H3. The van der Waals surface area contributed by atoms with Crippen LogP contribution < -0.4 is 0 Å². The number of rotatable bonds is 7. The van der Waals surface area contributed by atoms with Gasteiger partial charge in [0.2, 0.25) is 0 Å². The van der Waals surface area contributed by atoms with Crippen molar-refractivity contribution in [3.63, 3.8) is 0 Å². The second kappa shape index (κ2) is 12.4. The van der Waals surface area contributed by atoms with E-state index in [1.165, 1.54) is 32.7 Å². The van der Waals surface area contributed by atoms with E-state index < -0.39 is 8.07 Å². The SMILES string of the molecule is C[Si]1(CI)C(c2cccc(-c3ccccn3)n2)=C(C2=CCCC=C2)C(c2ccccc2)=C1c1cccc(-c2ccccn2)n1. The van der Waals surface area contributed by atoms with Gasteiger partial charge in [0.25, 0.3) is 0 Å². The van der Waals surface area contributed by atoms with Gasteiger partial charge in [0.05, 0.1) is 34.2 Å². The van der Waals surface area contributed by atoms with Gasteiger partial charge in [-0.25, -0.2) is 9.97 Å². The Balaban J connectivity index is 1.53. The Morgan fingerprint density at radius 1 is 0.591 bits per heavy atom. The summed E-state index contributed by atoms with van der Waals surface area (Å²) >= 11 is 2.62. The topological polar surface area (TPSA) is 51.6 Å². The molecule has 4 aromatic heterocycles. The maximum absolute atomic E-state index is 5.34. The van der Waals surface area contributed by atoms with E-state index in [2.05, 4.69) is 124 Å². The number of pyridine rings is 4. The van der Waals surface area contributed by atoms with E-state index in [-0.39, 0.29) is 0 Å². The first-order chi connectivity index (χ1) is 21.7. The largest absolute Gasteiger partial charge is 0.255 e. The van der Waals surface area contributed by atoms with Crippen molar-refractivity contribution in [3.05, 3.63) is 162 Å². The molecule has 0 fully saturated rings. The molecule has 0 amide bonds. The highest BCUT2D eigenvalue weighted by molar-refractivity contribution is 14.1. The first-order valence-electron chi connectivity index (χ1n) is 14.9. The molecule has 1 aromatic carbocycles. The highest BCUT2D eigenvalue weighted by Crippen LogP contribution is 2.55. The number of benzene rings is 1. The van der Waals surface area contributed by atoms with Gasteiger partial charge in [-0.15, -0.1) is 0 Å². The fourth-order valence-electron chi connectivity index (χ4n) is 6.32. The number of hydrogen-bond donors (Lipinski definition) is 0. The van der Waals surface area contributed by atoms with Crippen LogP contribution >= 0.6 is 22.6 Å². The van der Waals surface area contributed by atoms with Gasteiger partial charge in [0.15, 0.2) is 0 Å². The number of hydrogen-bond acceptors (Lipinski definition) is 4. The molecule has 1 atom stereocenters. The summed E-state index contributed by atoms with van der Waals surface area (Å²) in [7, 11) is -2.44. The van der Waals surface area contributed by atoms with E-state index in [4.69, 9.17) is 9.97 Å². The first-order valence-corrected chi connectivity index (χ1v) is 19.2. The smallest absolute Gasteiger partial charge is 0.131 e. The Hall–Kier alpha value is -4.27. The van der Waals surface area contributed by atoms with Gasteiger partial charge in [-0.2, -0.15) is 0 Å². The van der Waals surface area contributed by atoms with Gasteiger partial charge in [-0.05, 0) is 94.0 Å². The molecule has 7 rings (SSSR count). The van der Waals surface area contributed by atoms with Gasteiger partial charge in [0, 0.05) is 16.4 Å². The maximum Gasteiger partial charge on any atom is 0.131 e. The van der Waals surface area contributed by atoms with Gasteiger partial charge in [0.1, 0.15) is 8.07 Å². The maximum atomic E-state index is 5.34. The molecule has 0 radical (unpaired) electrons. The average molecular weight is 699 g/mol. The van der Waals surface area contributed by atoms with Gasteiger partial charge in [-0.1, -0.05) is 102 Å². The second-order valence-electron chi connectivity index (χ2n) is 11.2. The van der Waals surface area contributed by atoms with Crippen molar-refractivity contribution in [1.29, 1.82) is 0 Å². The van der Waals surface area contributed by atoms with E-state index >= 15 is 0 Å². The third-order valence-corrected chi connectivity index (χ3v) is 16.7. The zero-order valence-corrected chi connectivity index (χ0v) is 27.6. The third kappa shape index (κ3) is 5.22. The molecule has 5 heterocycles. The fourth-order valence-corrected chi connectivity index (χ4v) is 12.2. The van der Waals surface area contributed by atoms with Crippen molar-refractivity contribution in [2.45, 2.75) is 19.4 Å². The van der Waals surface area contributed by atoms with Gasteiger partial charge in [-0.3, -0.25) is 9.97 Å². The first kappa shape index (κ1) is 28.5. The molecular weight excluding hydrogens is 667 g/mol. The minimum absolute atomic E-state index is 0.878. The molecule has 0 spiro atoms. The summed E-state index contributed by atoms with van der Waals surface area (Å²) in [6, 6.07) is 35.6. The van der Waals surface area contributed by atoms with Gasteiger partial charge < -0.3 is 0 Å². The number of nitrogens with zero attached hydrogens (tertiary/aromatic N) is 4. The van der Waals surface area contributed by atoms with E-state index in [1.54, 1.807) is 0 Å². The minimum Gasteiger partial charge on any atom is -0.255 e. The van der Waals surface area contributed by atoms with Gasteiger partial charge >= 0.3 is 0 Å². The molecule has 1 aliphatic heterocycles. The van der Waals surface area contributed by atoms with E-state index in [0.717, 1.165) is 51.1 Å². The Morgan fingerprint density at radius 2 is 1.14 bits per heavy atom. The van der Waals surface area contributed by atoms with Crippen LogP contribution in [0.25, 0.3) is 38.7 Å². The molecule has 4 nitrogen and oxygen atoms in total. The molecule has 1 aliphatic carbocycles. The zero-order chi connectivity index (χ0) is 29.9. The summed E-state index contributed by atoms with van der Waals surface area (Å²) in [6.07, 6.45) is 12.8. The van der Waals surface area contributed by atoms with E-state index in [9.17, 15) is 0 Å². The van der Waals surface area contributed by atoms with Crippen molar-refractivity contribution < 1.29 is 0 Å². The van der Waals surface area contributed by atoms with E-state index in [0.29, 0.717) is 0 Å². The van der Waals surface area contributed by atoms with Crippen LogP contribution in [0.3, 0.4) is 0 Å². The highest BCUT2D eigenvalue weighted by atomic mass is 127. The quantitative estimate of drug-likeness (QED) is 0.0966. The van der Waals surface area contributed by atoms with Crippen molar-refractivity contribution >= 4 is 46.6 Å². The molecule has 44 heavy (non-hydrogen) atoms. The number of aromatic nitrogens is 4. The molecule has 0 bridgehead atoms. The van der Waals surface area contributed by atoms with Crippen molar-refractivity contribution in [2.75, 3.05) is 4.05 Å². The molecule has 0 saturated heterocycles. The average Bonchev–Trinajstić information content (AvgIpc) is 3.39. The molecule has 5 aromatic rings. The summed E-state index contributed by atoms with van der Waals surface area (Å²) in [5, 5.41) is 2.71. The predicted octanol–water partition coefficient (Wildman–Crippen LogP) is 9.39. The molecule has 0 N–H and O–H groups in total. The number of halogens is 1. The van der Waals surface area contributed by atoms with Crippen LogP contribution in [0.5, 0.6) is 0 Å². The molecule has 0 saturated carbocycles. The highest BCUT2D eigenvalue weighted by Gasteiger charge is 2.48. The van der Waals surface area contributed by atoms with Crippen LogP contribution in [0.4, 0.5) is 0 Å². The lowest BCUT2D eigenvalue weighted by molar-refractivity contribution is 1.02. The lowest BCUT2D eigenvalue weighted by Gasteiger charge is -2.28. The lowest BCUT2D eigenvalue weighted by Crippen LogP contribution is -2.36. The van der Waals surface area contributed by atoms with Crippen LogP contribution in [0.15, 0.2) is 145 Å². The van der Waals surface area contributed by atoms with Crippen LogP contribution in [0, 0.1) is 0 Å². The molecule has 6 heteroatoms. The Morgan fingerprint density at radius 3 is 1.66 bits per heavy atom. The zero-order valence-electron chi connectivity index (χ0n) is 24.5. The summed E-state index contributed by atoms with van der Waals surface area (Å²) in [4.78, 5) is 19.9. The Labute approximate surface area is 273 Å². The van der Waals surface area contributed by atoms with Crippen molar-refractivity contribution in [2.24, 2.45) is 0 Å². The van der Waals surface area contributed by atoms with Crippen molar-refractivity contribution in [3.8, 4) is 22.8 Å². The molecular formula is C38H31IN4Si. The van der Waals surface area contributed by atoms with Crippen LogP contribution in [0.1, 0.15) is 29.8 Å². The van der Waals surface area contributed by atoms with Crippen LogP contribution in [-0.2, 0) is 0 Å². The summed E-state index contributed by atoms with van der Waals surface area (Å²) in [5.74, 6) is 0. The summed E-state index contributed by atoms with van der Waals surface area (Å²) < 4.78 is 0.983. The normalized spacial score (nSPS) is 18.1. The second-order valence-corrected chi connectivity index (χ2v) is 17.4. The summed E-state index contributed by atoms with van der Waals surface area (Å²) in [6.45, 7) is 2.50. The lowest BCUT2D eigenvalue weighted by atomic mass is 9.88. The molecule has 1 unspecified atom stereocenters. The van der Waals surface area contributed by atoms with Crippen LogP contribution in [0.2, 0.25) is 6.55 Å². The Bertz CT molecular complexity index is 1950. The molecule has 214 valence electrons. The fraction of sp³-hybridized carbons (Fsp3) is 0.105. The van der Waals surface area contributed by atoms with E-state index in [1.807, 2.05) is 48.8 Å². The minimum atomic E-state index is -2.44.